The lowest BCUT2D eigenvalue weighted by atomic mass is 10.1. The zero-order valence-corrected chi connectivity index (χ0v) is 13.9. The molecule has 1 unspecified atom stereocenters. The lowest BCUT2D eigenvalue weighted by Gasteiger charge is -2.16. The Labute approximate surface area is 147 Å². The Hall–Kier alpha value is -2.84. The predicted octanol–water partition coefficient (Wildman–Crippen LogP) is 3.04. The normalized spacial score (nSPS) is 17.2. The Morgan fingerprint density at radius 1 is 1.24 bits per heavy atom. The number of aliphatic carboxylic acids is 1. The lowest BCUT2D eigenvalue weighted by Crippen LogP contribution is -2.22. The van der Waals surface area contributed by atoms with Crippen LogP contribution in [0.15, 0.2) is 48.5 Å². The molecule has 1 aliphatic rings. The van der Waals surface area contributed by atoms with E-state index in [9.17, 15) is 4.79 Å². The van der Waals surface area contributed by atoms with E-state index in [1.54, 1.807) is 6.07 Å². The summed E-state index contributed by atoms with van der Waals surface area (Å²) in [6.07, 6.45) is 0.709. The van der Waals surface area contributed by atoms with E-state index in [0.29, 0.717) is 25.1 Å². The number of hydrogen-bond donors (Lipinski definition) is 1. The van der Waals surface area contributed by atoms with Gasteiger partial charge in [-0.05, 0) is 48.4 Å². The molecule has 1 atom stereocenters. The van der Waals surface area contributed by atoms with E-state index in [1.807, 2.05) is 42.5 Å². The van der Waals surface area contributed by atoms with Crippen LogP contribution in [0, 0.1) is 17.2 Å². The number of benzene rings is 2. The molecule has 2 aromatic carbocycles. The molecule has 0 aliphatic carbocycles. The van der Waals surface area contributed by atoms with Crippen LogP contribution in [0.3, 0.4) is 0 Å². The average Bonchev–Trinajstić information content (AvgIpc) is 3.09. The van der Waals surface area contributed by atoms with Crippen LogP contribution in [-0.2, 0) is 17.9 Å². The number of ether oxygens (including phenoxy) is 1. The molecule has 0 spiro atoms. The van der Waals surface area contributed by atoms with Gasteiger partial charge in [-0.3, -0.25) is 9.69 Å². The van der Waals surface area contributed by atoms with Crippen LogP contribution >= 0.6 is 0 Å². The van der Waals surface area contributed by atoms with Crippen LogP contribution in [0.5, 0.6) is 5.75 Å². The van der Waals surface area contributed by atoms with Gasteiger partial charge in [0, 0.05) is 13.1 Å². The fourth-order valence-corrected chi connectivity index (χ4v) is 3.07. The van der Waals surface area contributed by atoms with Crippen LogP contribution in [0.4, 0.5) is 0 Å². The summed E-state index contributed by atoms with van der Waals surface area (Å²) in [4.78, 5) is 13.2. The van der Waals surface area contributed by atoms with Crippen molar-refractivity contribution in [1.82, 2.24) is 4.90 Å². The maximum atomic E-state index is 11.1. The molecule has 0 radical (unpaired) electrons. The van der Waals surface area contributed by atoms with Crippen LogP contribution in [0.25, 0.3) is 0 Å². The fraction of sp³-hybridized carbons (Fsp3) is 0.300. The summed E-state index contributed by atoms with van der Waals surface area (Å²) in [6.45, 7) is 2.54. The zero-order chi connectivity index (χ0) is 17.6. The van der Waals surface area contributed by atoms with Gasteiger partial charge in [0.05, 0.1) is 17.6 Å². The number of carbonyl (C=O) groups is 1. The Morgan fingerprint density at radius 2 is 2.04 bits per heavy atom. The highest BCUT2D eigenvalue weighted by atomic mass is 16.5. The third-order valence-corrected chi connectivity index (χ3v) is 4.39. The molecule has 5 heteroatoms. The van der Waals surface area contributed by atoms with Crippen LogP contribution in [0.1, 0.15) is 23.1 Å². The largest absolute Gasteiger partial charge is 0.489 e. The van der Waals surface area contributed by atoms with Crippen molar-refractivity contribution in [3.05, 3.63) is 65.2 Å². The minimum absolute atomic E-state index is 0.258. The number of nitriles is 1. The monoisotopic (exact) mass is 336 g/mol. The van der Waals surface area contributed by atoms with E-state index in [-0.39, 0.29) is 5.92 Å². The number of carboxylic acid groups (broad SMARTS) is 1. The molecule has 25 heavy (non-hydrogen) atoms. The van der Waals surface area contributed by atoms with E-state index < -0.39 is 5.97 Å². The molecule has 128 valence electrons. The van der Waals surface area contributed by atoms with E-state index in [1.165, 1.54) is 0 Å². The number of carboxylic acids is 1. The van der Waals surface area contributed by atoms with Crippen LogP contribution in [0.2, 0.25) is 0 Å². The first-order valence-electron chi connectivity index (χ1n) is 8.30. The molecule has 3 rings (SSSR count). The second-order valence-corrected chi connectivity index (χ2v) is 6.31. The molecule has 1 N–H and O–H groups in total. The van der Waals surface area contributed by atoms with Gasteiger partial charge in [0.1, 0.15) is 12.4 Å². The van der Waals surface area contributed by atoms with E-state index in [2.05, 4.69) is 11.0 Å². The molecule has 0 saturated carbocycles. The maximum Gasteiger partial charge on any atom is 0.307 e. The topological polar surface area (TPSA) is 73.6 Å². The van der Waals surface area contributed by atoms with Gasteiger partial charge < -0.3 is 9.84 Å². The molecule has 1 saturated heterocycles. The number of hydrogen-bond acceptors (Lipinski definition) is 4. The second-order valence-electron chi connectivity index (χ2n) is 6.31. The van der Waals surface area contributed by atoms with Gasteiger partial charge in [-0.2, -0.15) is 5.26 Å². The lowest BCUT2D eigenvalue weighted by molar-refractivity contribution is -0.141. The van der Waals surface area contributed by atoms with Crippen molar-refractivity contribution in [2.75, 3.05) is 13.1 Å². The summed E-state index contributed by atoms with van der Waals surface area (Å²) in [5.74, 6) is -0.195. The molecular formula is C20H20N2O3. The first-order valence-corrected chi connectivity index (χ1v) is 8.30. The predicted molar refractivity (Wildman–Crippen MR) is 93.0 cm³/mol. The summed E-state index contributed by atoms with van der Waals surface area (Å²) < 4.78 is 5.83. The Kier molecular flexibility index (Phi) is 5.32. The molecule has 0 aromatic heterocycles. The van der Waals surface area contributed by atoms with E-state index >= 15 is 0 Å². The third kappa shape index (κ3) is 4.59. The number of rotatable bonds is 6. The first-order chi connectivity index (χ1) is 12.1. The van der Waals surface area contributed by atoms with Crippen LogP contribution in [-0.4, -0.2) is 29.1 Å². The molecule has 0 amide bonds. The van der Waals surface area contributed by atoms with Crippen LogP contribution < -0.4 is 4.74 Å². The van der Waals surface area contributed by atoms with Crippen molar-refractivity contribution in [1.29, 1.82) is 5.26 Å². The minimum Gasteiger partial charge on any atom is -0.489 e. The van der Waals surface area contributed by atoms with Crippen molar-refractivity contribution in [3.63, 3.8) is 0 Å². The Bertz CT molecular complexity index is 798. The quantitative estimate of drug-likeness (QED) is 0.878. The molecule has 1 aliphatic heterocycles. The second kappa shape index (κ2) is 7.82. The van der Waals surface area contributed by atoms with Crippen molar-refractivity contribution < 1.29 is 14.6 Å². The average molecular weight is 336 g/mol. The smallest absolute Gasteiger partial charge is 0.307 e. The number of likely N-dealkylation sites (tertiary alicyclic amines) is 1. The summed E-state index contributed by atoms with van der Waals surface area (Å²) in [6, 6.07) is 17.4. The molecule has 5 nitrogen and oxygen atoms in total. The summed E-state index contributed by atoms with van der Waals surface area (Å²) in [7, 11) is 0. The molecular weight excluding hydrogens is 316 g/mol. The van der Waals surface area contributed by atoms with Gasteiger partial charge in [-0.1, -0.05) is 24.3 Å². The van der Waals surface area contributed by atoms with Gasteiger partial charge in [0.2, 0.25) is 0 Å². The highest BCUT2D eigenvalue weighted by molar-refractivity contribution is 5.70. The molecule has 2 aromatic rings. The molecule has 1 fully saturated rings. The summed E-state index contributed by atoms with van der Waals surface area (Å²) >= 11 is 0. The first kappa shape index (κ1) is 17.0. The highest BCUT2D eigenvalue weighted by Crippen LogP contribution is 2.21. The summed E-state index contributed by atoms with van der Waals surface area (Å²) in [5.41, 5.74) is 2.68. The van der Waals surface area contributed by atoms with Gasteiger partial charge in [-0.15, -0.1) is 0 Å². The van der Waals surface area contributed by atoms with Crippen molar-refractivity contribution in [2.45, 2.75) is 19.6 Å². The van der Waals surface area contributed by atoms with E-state index in [0.717, 1.165) is 30.0 Å². The van der Waals surface area contributed by atoms with Crippen molar-refractivity contribution in [2.24, 2.45) is 5.92 Å². The molecule has 1 heterocycles. The SMILES string of the molecule is N#Cc1cccc(COc2cccc(CN3CCC(C(=O)O)C3)c2)c1. The van der Waals surface area contributed by atoms with Gasteiger partial charge >= 0.3 is 5.97 Å². The van der Waals surface area contributed by atoms with Gasteiger partial charge in [-0.25, -0.2) is 0 Å². The number of nitrogens with zero attached hydrogens (tertiary/aromatic N) is 2. The highest BCUT2D eigenvalue weighted by Gasteiger charge is 2.27. The zero-order valence-electron chi connectivity index (χ0n) is 13.9. The Balaban J connectivity index is 1.58. The maximum absolute atomic E-state index is 11.1. The third-order valence-electron chi connectivity index (χ3n) is 4.39. The van der Waals surface area contributed by atoms with E-state index in [4.69, 9.17) is 15.1 Å². The minimum atomic E-state index is -0.709. The van der Waals surface area contributed by atoms with Gasteiger partial charge in [0.15, 0.2) is 0 Å². The standard InChI is InChI=1S/C20H20N2O3/c21-11-15-3-1-5-17(9-15)14-25-19-6-2-4-16(10-19)12-22-8-7-18(13-22)20(23)24/h1-6,9-10,18H,7-8,12-14H2,(H,23,24). The fourth-order valence-electron chi connectivity index (χ4n) is 3.07. The molecule has 0 bridgehead atoms. The van der Waals surface area contributed by atoms with Gasteiger partial charge in [0.25, 0.3) is 0 Å². The Morgan fingerprint density at radius 3 is 2.80 bits per heavy atom. The van der Waals surface area contributed by atoms with Crippen molar-refractivity contribution in [3.8, 4) is 11.8 Å². The van der Waals surface area contributed by atoms with Crippen molar-refractivity contribution >= 4 is 5.97 Å². The summed E-state index contributed by atoms with van der Waals surface area (Å²) in [5, 5.41) is 18.0.